The van der Waals surface area contributed by atoms with Crippen molar-refractivity contribution >= 4 is 11.3 Å². The number of hydrogen-bond donors (Lipinski definition) is 1. The highest BCUT2D eigenvalue weighted by atomic mass is 32.1. The topological polar surface area (TPSA) is 24.9 Å². The second-order valence-corrected chi connectivity index (χ2v) is 7.95. The Morgan fingerprint density at radius 1 is 1.30 bits per heavy atom. The molecule has 1 saturated carbocycles. The summed E-state index contributed by atoms with van der Waals surface area (Å²) < 4.78 is 0. The lowest BCUT2D eigenvalue weighted by atomic mass is 9.73. The molecule has 0 aliphatic heterocycles. The van der Waals surface area contributed by atoms with E-state index in [9.17, 15) is 0 Å². The Kier molecular flexibility index (Phi) is 5.25. The van der Waals surface area contributed by atoms with Crippen molar-refractivity contribution in [2.75, 3.05) is 6.54 Å². The van der Waals surface area contributed by atoms with Gasteiger partial charge in [0.1, 0.15) is 5.01 Å². The molecule has 0 saturated heterocycles. The summed E-state index contributed by atoms with van der Waals surface area (Å²) in [5, 5.41) is 5.19. The van der Waals surface area contributed by atoms with Crippen LogP contribution < -0.4 is 5.32 Å². The van der Waals surface area contributed by atoms with Gasteiger partial charge in [0.25, 0.3) is 0 Å². The molecule has 2 nitrogen and oxygen atoms in total. The van der Waals surface area contributed by atoms with Gasteiger partial charge in [0.05, 0.1) is 11.2 Å². The van der Waals surface area contributed by atoms with Crippen LogP contribution in [0.4, 0.5) is 0 Å². The normalized spacial score (nSPS) is 27.2. The summed E-state index contributed by atoms with van der Waals surface area (Å²) in [5.41, 5.74) is 1.37. The van der Waals surface area contributed by atoms with Gasteiger partial charge in [0, 0.05) is 4.88 Å². The average molecular weight is 295 g/mol. The first-order chi connectivity index (χ1) is 9.48. The molecule has 2 rings (SSSR count). The van der Waals surface area contributed by atoms with Crippen LogP contribution in [0.15, 0.2) is 0 Å². The van der Waals surface area contributed by atoms with Crippen molar-refractivity contribution in [3.05, 3.63) is 15.6 Å². The first kappa shape index (κ1) is 16.0. The standard InChI is InChI=1S/C17H30N2S/c1-6-11-18-17(16-19-13(4)14(5)20-16)9-7-15(8-10-17)12(2)3/h12,15,18H,6-11H2,1-5H3. The third kappa shape index (κ3) is 3.25. The Labute approximate surface area is 128 Å². The summed E-state index contributed by atoms with van der Waals surface area (Å²) in [6.07, 6.45) is 6.38. The van der Waals surface area contributed by atoms with Crippen molar-refractivity contribution in [3.8, 4) is 0 Å². The maximum absolute atomic E-state index is 4.88. The van der Waals surface area contributed by atoms with Crippen LogP contribution in [0, 0.1) is 25.7 Å². The lowest BCUT2D eigenvalue weighted by Crippen LogP contribution is -2.46. The molecule has 1 aliphatic carbocycles. The van der Waals surface area contributed by atoms with Crippen LogP contribution in [0.2, 0.25) is 0 Å². The van der Waals surface area contributed by atoms with Crippen molar-refractivity contribution in [3.63, 3.8) is 0 Å². The second-order valence-electron chi connectivity index (χ2n) is 6.75. The molecule has 114 valence electrons. The average Bonchev–Trinajstić information content (AvgIpc) is 2.77. The van der Waals surface area contributed by atoms with E-state index in [4.69, 9.17) is 4.98 Å². The molecule has 1 aromatic heterocycles. The number of aryl methyl sites for hydroxylation is 2. The van der Waals surface area contributed by atoms with Gasteiger partial charge in [-0.1, -0.05) is 20.8 Å². The van der Waals surface area contributed by atoms with Gasteiger partial charge in [-0.15, -0.1) is 11.3 Å². The number of rotatable bonds is 5. The molecule has 20 heavy (non-hydrogen) atoms. The van der Waals surface area contributed by atoms with Crippen molar-refractivity contribution < 1.29 is 0 Å². The first-order valence-corrected chi connectivity index (χ1v) is 8.99. The SMILES string of the molecule is CCCNC1(c2nc(C)c(C)s2)CCC(C(C)C)CC1. The highest BCUT2D eigenvalue weighted by molar-refractivity contribution is 7.11. The summed E-state index contributed by atoms with van der Waals surface area (Å²) >= 11 is 1.91. The van der Waals surface area contributed by atoms with E-state index in [0.29, 0.717) is 0 Å². The summed E-state index contributed by atoms with van der Waals surface area (Å²) in [6.45, 7) is 12.4. The summed E-state index contributed by atoms with van der Waals surface area (Å²) in [7, 11) is 0. The number of nitrogens with one attached hydrogen (secondary N) is 1. The van der Waals surface area contributed by atoms with E-state index in [1.807, 2.05) is 11.3 Å². The molecule has 0 aromatic carbocycles. The van der Waals surface area contributed by atoms with Crippen molar-refractivity contribution in [2.45, 2.75) is 72.3 Å². The van der Waals surface area contributed by atoms with Gasteiger partial charge in [-0.25, -0.2) is 4.98 Å². The lowest BCUT2D eigenvalue weighted by Gasteiger charge is -2.41. The minimum atomic E-state index is 0.158. The second kappa shape index (κ2) is 6.57. The Morgan fingerprint density at radius 2 is 1.95 bits per heavy atom. The van der Waals surface area contributed by atoms with Gasteiger partial charge in [-0.3, -0.25) is 0 Å². The van der Waals surface area contributed by atoms with Gasteiger partial charge in [0.15, 0.2) is 0 Å². The first-order valence-electron chi connectivity index (χ1n) is 8.18. The molecule has 1 aromatic rings. The maximum Gasteiger partial charge on any atom is 0.113 e. The molecule has 1 aliphatic rings. The minimum absolute atomic E-state index is 0.158. The molecule has 0 bridgehead atoms. The molecular weight excluding hydrogens is 264 g/mol. The quantitative estimate of drug-likeness (QED) is 0.843. The van der Waals surface area contributed by atoms with Crippen LogP contribution in [-0.2, 0) is 5.54 Å². The lowest BCUT2D eigenvalue weighted by molar-refractivity contribution is 0.160. The molecule has 0 amide bonds. The number of aromatic nitrogens is 1. The Balaban J connectivity index is 2.19. The molecule has 1 heterocycles. The highest BCUT2D eigenvalue weighted by Gasteiger charge is 2.39. The molecular formula is C17H30N2S. The fourth-order valence-corrected chi connectivity index (χ4v) is 4.45. The van der Waals surface area contributed by atoms with E-state index in [2.05, 4.69) is 39.9 Å². The van der Waals surface area contributed by atoms with Crippen molar-refractivity contribution in [1.82, 2.24) is 10.3 Å². The van der Waals surface area contributed by atoms with Crippen LogP contribution >= 0.6 is 11.3 Å². The minimum Gasteiger partial charge on any atom is -0.305 e. The molecule has 0 unspecified atom stereocenters. The van der Waals surface area contributed by atoms with Crippen LogP contribution in [0.1, 0.15) is 68.5 Å². The predicted octanol–water partition coefficient (Wildman–Crippen LogP) is 4.80. The van der Waals surface area contributed by atoms with E-state index < -0.39 is 0 Å². The van der Waals surface area contributed by atoms with Gasteiger partial charge in [0.2, 0.25) is 0 Å². The largest absolute Gasteiger partial charge is 0.305 e. The summed E-state index contributed by atoms with van der Waals surface area (Å²) in [4.78, 5) is 6.26. The fraction of sp³-hybridized carbons (Fsp3) is 0.824. The molecule has 0 radical (unpaired) electrons. The zero-order valence-corrected chi connectivity index (χ0v) is 14.6. The zero-order chi connectivity index (χ0) is 14.8. The van der Waals surface area contributed by atoms with Crippen molar-refractivity contribution in [2.24, 2.45) is 11.8 Å². The Hall–Kier alpha value is -0.410. The zero-order valence-electron chi connectivity index (χ0n) is 13.8. The van der Waals surface area contributed by atoms with E-state index in [1.165, 1.54) is 47.7 Å². The van der Waals surface area contributed by atoms with E-state index >= 15 is 0 Å². The van der Waals surface area contributed by atoms with Gasteiger partial charge in [-0.2, -0.15) is 0 Å². The molecule has 0 atom stereocenters. The van der Waals surface area contributed by atoms with Crippen LogP contribution in [-0.4, -0.2) is 11.5 Å². The fourth-order valence-electron chi connectivity index (χ4n) is 3.31. The van der Waals surface area contributed by atoms with E-state index in [-0.39, 0.29) is 5.54 Å². The summed E-state index contributed by atoms with van der Waals surface area (Å²) in [5.74, 6) is 1.72. The molecule has 0 spiro atoms. The third-order valence-electron chi connectivity index (χ3n) is 4.98. The monoisotopic (exact) mass is 294 g/mol. The van der Waals surface area contributed by atoms with E-state index in [0.717, 1.165) is 18.4 Å². The van der Waals surface area contributed by atoms with Crippen LogP contribution in [0.3, 0.4) is 0 Å². The highest BCUT2D eigenvalue weighted by Crippen LogP contribution is 2.43. The number of thiazole rings is 1. The summed E-state index contributed by atoms with van der Waals surface area (Å²) in [6, 6.07) is 0. The van der Waals surface area contributed by atoms with Crippen LogP contribution in [0.5, 0.6) is 0 Å². The molecule has 1 N–H and O–H groups in total. The van der Waals surface area contributed by atoms with Crippen molar-refractivity contribution in [1.29, 1.82) is 0 Å². The third-order valence-corrected chi connectivity index (χ3v) is 6.25. The Morgan fingerprint density at radius 3 is 2.40 bits per heavy atom. The maximum atomic E-state index is 4.88. The molecule has 3 heteroatoms. The van der Waals surface area contributed by atoms with E-state index in [1.54, 1.807) is 0 Å². The van der Waals surface area contributed by atoms with Gasteiger partial charge < -0.3 is 5.32 Å². The van der Waals surface area contributed by atoms with Gasteiger partial charge in [-0.05, 0) is 64.3 Å². The Bertz CT molecular complexity index is 409. The van der Waals surface area contributed by atoms with Crippen LogP contribution in [0.25, 0.3) is 0 Å². The predicted molar refractivity (Wildman–Crippen MR) is 88.4 cm³/mol. The number of nitrogens with zero attached hydrogens (tertiary/aromatic N) is 1. The van der Waals surface area contributed by atoms with Gasteiger partial charge >= 0.3 is 0 Å². The number of hydrogen-bond acceptors (Lipinski definition) is 3. The molecule has 1 fully saturated rings. The smallest absolute Gasteiger partial charge is 0.113 e.